The molecule has 1 fully saturated rings. The average molecular weight is 216 g/mol. The van der Waals surface area contributed by atoms with Crippen LogP contribution in [-0.4, -0.2) is 61.5 Å². The van der Waals surface area contributed by atoms with E-state index in [-0.39, 0.29) is 6.10 Å². The van der Waals surface area contributed by atoms with E-state index in [0.717, 1.165) is 32.7 Å². The Balaban J connectivity index is 2.23. The second kappa shape index (κ2) is 6.43. The first kappa shape index (κ1) is 12.9. The maximum atomic E-state index is 9.30. The van der Waals surface area contributed by atoms with E-state index in [1.165, 1.54) is 0 Å². The standard InChI is InChI=1S/C11H24N2O2/c1-9(13(3)7-10(2)14)6-11-8-15-5-4-12-11/h9-12,14H,4-8H2,1-3H3. The SMILES string of the molecule is CC(O)CN(C)C(C)CC1COCCN1. The number of nitrogens with zero attached hydrogens (tertiary/aromatic N) is 1. The molecule has 1 aliphatic heterocycles. The molecular formula is C11H24N2O2. The van der Waals surface area contributed by atoms with E-state index in [4.69, 9.17) is 4.74 Å². The summed E-state index contributed by atoms with van der Waals surface area (Å²) in [6, 6.07) is 0.934. The Bertz CT molecular complexity index is 170. The Labute approximate surface area is 92.6 Å². The highest BCUT2D eigenvalue weighted by atomic mass is 16.5. The molecule has 0 aromatic rings. The highest BCUT2D eigenvalue weighted by Crippen LogP contribution is 2.08. The van der Waals surface area contributed by atoms with Gasteiger partial charge in [0.1, 0.15) is 0 Å². The quantitative estimate of drug-likeness (QED) is 0.682. The Morgan fingerprint density at radius 1 is 1.53 bits per heavy atom. The van der Waals surface area contributed by atoms with Gasteiger partial charge in [0.25, 0.3) is 0 Å². The van der Waals surface area contributed by atoms with Crippen molar-refractivity contribution in [3.05, 3.63) is 0 Å². The van der Waals surface area contributed by atoms with Crippen molar-refractivity contribution in [1.29, 1.82) is 0 Å². The third-order valence-electron chi connectivity index (χ3n) is 2.93. The Morgan fingerprint density at radius 3 is 2.80 bits per heavy atom. The van der Waals surface area contributed by atoms with E-state index < -0.39 is 0 Å². The maximum absolute atomic E-state index is 9.30. The van der Waals surface area contributed by atoms with Crippen LogP contribution >= 0.6 is 0 Å². The normalized spacial score (nSPS) is 26.6. The van der Waals surface area contributed by atoms with E-state index in [0.29, 0.717) is 12.1 Å². The minimum absolute atomic E-state index is 0.256. The first-order valence-electron chi connectivity index (χ1n) is 5.79. The topological polar surface area (TPSA) is 44.7 Å². The van der Waals surface area contributed by atoms with Gasteiger partial charge in [-0.25, -0.2) is 0 Å². The van der Waals surface area contributed by atoms with E-state index in [9.17, 15) is 5.11 Å². The van der Waals surface area contributed by atoms with Gasteiger partial charge in [0.15, 0.2) is 0 Å². The van der Waals surface area contributed by atoms with Crippen molar-refractivity contribution in [2.45, 2.75) is 38.5 Å². The van der Waals surface area contributed by atoms with Crippen LogP contribution in [0.3, 0.4) is 0 Å². The first-order valence-corrected chi connectivity index (χ1v) is 5.79. The molecule has 1 saturated heterocycles. The molecule has 4 nitrogen and oxygen atoms in total. The van der Waals surface area contributed by atoms with Crippen molar-refractivity contribution in [2.24, 2.45) is 0 Å². The molecule has 2 N–H and O–H groups in total. The van der Waals surface area contributed by atoms with Crippen LogP contribution in [0.25, 0.3) is 0 Å². The lowest BCUT2D eigenvalue weighted by atomic mass is 10.1. The fourth-order valence-electron chi connectivity index (χ4n) is 1.96. The second-order valence-corrected chi connectivity index (χ2v) is 4.60. The predicted octanol–water partition coefficient (Wildman–Crippen LogP) is 0.0660. The van der Waals surface area contributed by atoms with Crippen LogP contribution in [-0.2, 0) is 4.74 Å². The number of aliphatic hydroxyl groups is 1. The third kappa shape index (κ3) is 4.93. The van der Waals surface area contributed by atoms with E-state index in [2.05, 4.69) is 24.2 Å². The summed E-state index contributed by atoms with van der Waals surface area (Å²) in [5, 5.41) is 12.7. The van der Waals surface area contributed by atoms with E-state index >= 15 is 0 Å². The Morgan fingerprint density at radius 2 is 2.27 bits per heavy atom. The molecule has 1 heterocycles. The average Bonchev–Trinajstić information content (AvgIpc) is 2.18. The largest absolute Gasteiger partial charge is 0.392 e. The maximum Gasteiger partial charge on any atom is 0.0639 e. The highest BCUT2D eigenvalue weighted by molar-refractivity contribution is 4.77. The summed E-state index contributed by atoms with van der Waals surface area (Å²) in [5.74, 6) is 0. The predicted molar refractivity (Wildman–Crippen MR) is 61.0 cm³/mol. The summed E-state index contributed by atoms with van der Waals surface area (Å²) < 4.78 is 5.41. The molecule has 0 bridgehead atoms. The zero-order valence-corrected chi connectivity index (χ0v) is 10.1. The van der Waals surface area contributed by atoms with Gasteiger partial charge >= 0.3 is 0 Å². The minimum Gasteiger partial charge on any atom is -0.392 e. The van der Waals surface area contributed by atoms with Crippen molar-refractivity contribution in [3.8, 4) is 0 Å². The van der Waals surface area contributed by atoms with Crippen molar-refractivity contribution in [3.63, 3.8) is 0 Å². The summed E-state index contributed by atoms with van der Waals surface area (Å²) in [4.78, 5) is 2.20. The van der Waals surface area contributed by atoms with Crippen LogP contribution in [0.1, 0.15) is 20.3 Å². The number of ether oxygens (including phenoxy) is 1. The van der Waals surface area contributed by atoms with Gasteiger partial charge in [-0.1, -0.05) is 0 Å². The van der Waals surface area contributed by atoms with Crippen LogP contribution < -0.4 is 5.32 Å². The molecule has 0 amide bonds. The van der Waals surface area contributed by atoms with Crippen molar-refractivity contribution >= 4 is 0 Å². The van der Waals surface area contributed by atoms with E-state index in [1.54, 1.807) is 0 Å². The zero-order valence-electron chi connectivity index (χ0n) is 10.1. The molecule has 90 valence electrons. The molecule has 0 aliphatic carbocycles. The van der Waals surface area contributed by atoms with Crippen molar-refractivity contribution in [1.82, 2.24) is 10.2 Å². The van der Waals surface area contributed by atoms with Gasteiger partial charge in [-0.15, -0.1) is 0 Å². The number of nitrogens with one attached hydrogen (secondary N) is 1. The number of aliphatic hydroxyl groups excluding tert-OH is 1. The number of hydrogen-bond acceptors (Lipinski definition) is 4. The lowest BCUT2D eigenvalue weighted by molar-refractivity contribution is 0.0585. The van der Waals surface area contributed by atoms with Crippen LogP contribution in [0.4, 0.5) is 0 Å². The fourth-order valence-corrected chi connectivity index (χ4v) is 1.96. The lowest BCUT2D eigenvalue weighted by Crippen LogP contribution is -2.46. The molecule has 0 radical (unpaired) electrons. The van der Waals surface area contributed by atoms with Gasteiger partial charge in [-0.3, -0.25) is 0 Å². The smallest absolute Gasteiger partial charge is 0.0639 e. The minimum atomic E-state index is -0.256. The van der Waals surface area contributed by atoms with Crippen LogP contribution in [0.2, 0.25) is 0 Å². The summed E-state index contributed by atoms with van der Waals surface area (Å²) in [6.07, 6.45) is 0.816. The first-order chi connectivity index (χ1) is 7.09. The molecular weight excluding hydrogens is 192 g/mol. The summed E-state index contributed by atoms with van der Waals surface area (Å²) in [5.41, 5.74) is 0. The zero-order chi connectivity index (χ0) is 11.3. The van der Waals surface area contributed by atoms with Gasteiger partial charge in [0, 0.05) is 25.2 Å². The molecule has 1 rings (SSSR count). The molecule has 0 spiro atoms. The van der Waals surface area contributed by atoms with Crippen LogP contribution in [0.15, 0.2) is 0 Å². The van der Waals surface area contributed by atoms with Gasteiger partial charge in [0.05, 0.1) is 19.3 Å². The molecule has 0 aromatic carbocycles. The molecule has 1 aliphatic rings. The molecule has 0 saturated carbocycles. The van der Waals surface area contributed by atoms with Gasteiger partial charge in [-0.05, 0) is 27.3 Å². The van der Waals surface area contributed by atoms with Crippen molar-refractivity contribution in [2.75, 3.05) is 33.4 Å². The van der Waals surface area contributed by atoms with Crippen LogP contribution in [0.5, 0.6) is 0 Å². The Kier molecular flexibility index (Phi) is 5.53. The molecule has 4 heteroatoms. The highest BCUT2D eigenvalue weighted by Gasteiger charge is 2.19. The van der Waals surface area contributed by atoms with Gasteiger partial charge in [-0.2, -0.15) is 0 Å². The number of morpholine rings is 1. The number of hydrogen-bond donors (Lipinski definition) is 2. The number of rotatable bonds is 5. The van der Waals surface area contributed by atoms with Gasteiger partial charge in [0.2, 0.25) is 0 Å². The van der Waals surface area contributed by atoms with Gasteiger partial charge < -0.3 is 20.1 Å². The second-order valence-electron chi connectivity index (χ2n) is 4.60. The molecule has 0 aromatic heterocycles. The fraction of sp³-hybridized carbons (Fsp3) is 1.00. The summed E-state index contributed by atoms with van der Waals surface area (Å²) in [6.45, 7) is 7.34. The van der Waals surface area contributed by atoms with Crippen molar-refractivity contribution < 1.29 is 9.84 Å². The number of likely N-dealkylation sites (N-methyl/N-ethyl adjacent to an activating group) is 1. The lowest BCUT2D eigenvalue weighted by Gasteiger charge is -2.31. The summed E-state index contributed by atoms with van der Waals surface area (Å²) >= 11 is 0. The van der Waals surface area contributed by atoms with Crippen LogP contribution in [0, 0.1) is 0 Å². The molecule has 15 heavy (non-hydrogen) atoms. The third-order valence-corrected chi connectivity index (χ3v) is 2.93. The van der Waals surface area contributed by atoms with E-state index in [1.807, 2.05) is 6.92 Å². The Hall–Kier alpha value is -0.160. The summed E-state index contributed by atoms with van der Waals surface area (Å²) in [7, 11) is 2.06. The molecule has 3 atom stereocenters. The monoisotopic (exact) mass is 216 g/mol. The molecule has 3 unspecified atom stereocenters.